The minimum Gasteiger partial charge on any atom is -0.373 e. The minimum absolute atomic E-state index is 0.0201. The summed E-state index contributed by atoms with van der Waals surface area (Å²) >= 11 is 2.21. The van der Waals surface area contributed by atoms with Gasteiger partial charge in [-0.05, 0) is 60.6 Å². The van der Waals surface area contributed by atoms with Gasteiger partial charge in [-0.2, -0.15) is 0 Å². The predicted octanol–water partition coefficient (Wildman–Crippen LogP) is 2.57. The molecule has 2 aromatic rings. The quantitative estimate of drug-likeness (QED) is 0.764. The van der Waals surface area contributed by atoms with Crippen LogP contribution < -0.4 is 5.56 Å². The van der Waals surface area contributed by atoms with Gasteiger partial charge in [0.25, 0.3) is 5.56 Å². The fourth-order valence-electron chi connectivity index (χ4n) is 2.50. The van der Waals surface area contributed by atoms with E-state index in [1.54, 1.807) is 10.9 Å². The fraction of sp³-hybridized carbons (Fsp3) is 0.429. The molecule has 5 heteroatoms. The first-order valence-electron chi connectivity index (χ1n) is 6.43. The number of nitrogens with zero attached hydrogens (tertiary/aromatic N) is 2. The van der Waals surface area contributed by atoms with Crippen LogP contribution in [0.4, 0.5) is 0 Å². The minimum atomic E-state index is 0.0201. The second-order valence-corrected chi connectivity index (χ2v) is 6.26. The van der Waals surface area contributed by atoms with Gasteiger partial charge in [0.1, 0.15) is 0 Å². The highest BCUT2D eigenvalue weighted by Gasteiger charge is 2.22. The Kier molecular flexibility index (Phi) is 3.58. The van der Waals surface area contributed by atoms with Gasteiger partial charge in [0.15, 0.2) is 0 Å². The monoisotopic (exact) mass is 370 g/mol. The van der Waals surface area contributed by atoms with Gasteiger partial charge in [-0.1, -0.05) is 0 Å². The van der Waals surface area contributed by atoms with Crippen molar-refractivity contribution in [3.05, 3.63) is 38.5 Å². The highest BCUT2D eigenvalue weighted by atomic mass is 127. The zero-order valence-corrected chi connectivity index (χ0v) is 12.8. The van der Waals surface area contributed by atoms with Crippen LogP contribution in [-0.2, 0) is 11.3 Å². The summed E-state index contributed by atoms with van der Waals surface area (Å²) in [5.41, 5.74) is 0.772. The average Bonchev–Trinajstić information content (AvgIpc) is 2.79. The van der Waals surface area contributed by atoms with E-state index in [9.17, 15) is 4.79 Å². The van der Waals surface area contributed by atoms with Crippen molar-refractivity contribution >= 4 is 33.5 Å². The molecule has 0 spiro atoms. The first-order valence-corrected chi connectivity index (χ1v) is 7.51. The molecule has 3 rings (SSSR count). The number of hydrogen-bond donors (Lipinski definition) is 0. The lowest BCUT2D eigenvalue weighted by Crippen LogP contribution is -2.27. The van der Waals surface area contributed by atoms with Gasteiger partial charge in [-0.25, -0.2) is 4.98 Å². The Morgan fingerprint density at radius 3 is 3.05 bits per heavy atom. The van der Waals surface area contributed by atoms with E-state index in [1.807, 2.05) is 18.2 Å². The van der Waals surface area contributed by atoms with Crippen LogP contribution in [0.5, 0.6) is 0 Å². The summed E-state index contributed by atoms with van der Waals surface area (Å²) in [6, 6.07) is 5.73. The molecule has 0 N–H and O–H groups in total. The molecule has 1 aromatic heterocycles. The van der Waals surface area contributed by atoms with Gasteiger partial charge in [0.2, 0.25) is 0 Å². The van der Waals surface area contributed by atoms with Crippen LogP contribution in [0.2, 0.25) is 0 Å². The number of aromatic nitrogens is 2. The standard InChI is InChI=1S/C14H15IN2O2/c1-9-2-4-11(19-9)7-17-8-16-13-5-3-10(15)6-12(13)14(17)18/h3,5-6,8-9,11H,2,4,7H2,1H3. The molecule has 1 aliphatic rings. The molecular formula is C14H15IN2O2. The summed E-state index contributed by atoms with van der Waals surface area (Å²) in [5.74, 6) is 0. The van der Waals surface area contributed by atoms with Crippen molar-refractivity contribution < 1.29 is 4.74 Å². The van der Waals surface area contributed by atoms with E-state index in [0.29, 0.717) is 18.0 Å². The first kappa shape index (κ1) is 13.1. The maximum Gasteiger partial charge on any atom is 0.261 e. The maximum absolute atomic E-state index is 12.4. The van der Waals surface area contributed by atoms with E-state index in [-0.39, 0.29) is 11.7 Å². The molecule has 2 atom stereocenters. The lowest BCUT2D eigenvalue weighted by atomic mass is 10.2. The Morgan fingerprint density at radius 2 is 2.32 bits per heavy atom. The molecule has 19 heavy (non-hydrogen) atoms. The smallest absolute Gasteiger partial charge is 0.261 e. The van der Waals surface area contributed by atoms with Crippen LogP contribution >= 0.6 is 22.6 Å². The van der Waals surface area contributed by atoms with E-state index in [2.05, 4.69) is 34.5 Å². The van der Waals surface area contributed by atoms with E-state index in [4.69, 9.17) is 4.74 Å². The molecule has 0 saturated carbocycles. The van der Waals surface area contributed by atoms with Gasteiger partial charge < -0.3 is 4.74 Å². The third-order valence-corrected chi connectivity index (χ3v) is 4.18. The first-order chi connectivity index (χ1) is 9.13. The molecule has 2 unspecified atom stereocenters. The topological polar surface area (TPSA) is 44.1 Å². The van der Waals surface area contributed by atoms with Crippen molar-refractivity contribution in [3.63, 3.8) is 0 Å². The second-order valence-electron chi connectivity index (χ2n) is 5.01. The highest BCUT2D eigenvalue weighted by Crippen LogP contribution is 2.20. The van der Waals surface area contributed by atoms with Crippen LogP contribution in [0.15, 0.2) is 29.3 Å². The van der Waals surface area contributed by atoms with Crippen LogP contribution in [0.3, 0.4) is 0 Å². The second kappa shape index (κ2) is 5.20. The summed E-state index contributed by atoms with van der Waals surface area (Å²) in [6.45, 7) is 2.67. The summed E-state index contributed by atoms with van der Waals surface area (Å²) < 4.78 is 8.48. The fourth-order valence-corrected chi connectivity index (χ4v) is 2.99. The van der Waals surface area contributed by atoms with Crippen molar-refractivity contribution in [2.75, 3.05) is 0 Å². The Bertz CT molecular complexity index is 668. The van der Waals surface area contributed by atoms with Crippen LogP contribution in [0.1, 0.15) is 19.8 Å². The highest BCUT2D eigenvalue weighted by molar-refractivity contribution is 14.1. The van der Waals surface area contributed by atoms with Crippen LogP contribution in [-0.4, -0.2) is 21.8 Å². The molecule has 1 aliphatic heterocycles. The lowest BCUT2D eigenvalue weighted by Gasteiger charge is -2.13. The molecule has 100 valence electrons. The van der Waals surface area contributed by atoms with Crippen LogP contribution in [0, 0.1) is 3.57 Å². The molecule has 0 aliphatic carbocycles. The normalized spacial score (nSPS) is 23.1. The summed E-state index contributed by atoms with van der Waals surface area (Å²) in [6.07, 6.45) is 4.14. The number of benzene rings is 1. The average molecular weight is 370 g/mol. The van der Waals surface area contributed by atoms with Gasteiger partial charge in [-0.3, -0.25) is 9.36 Å². The lowest BCUT2D eigenvalue weighted by molar-refractivity contribution is 0.0451. The Hall–Kier alpha value is -0.950. The summed E-state index contributed by atoms with van der Waals surface area (Å²) in [5, 5.41) is 0.681. The number of hydrogen-bond acceptors (Lipinski definition) is 3. The van der Waals surface area contributed by atoms with E-state index in [1.165, 1.54) is 0 Å². The number of rotatable bonds is 2. The zero-order valence-electron chi connectivity index (χ0n) is 10.7. The van der Waals surface area contributed by atoms with E-state index < -0.39 is 0 Å². The molecule has 0 bridgehead atoms. The summed E-state index contributed by atoms with van der Waals surface area (Å²) in [7, 11) is 0. The SMILES string of the molecule is CC1CCC(Cn2cnc3ccc(I)cc3c2=O)O1. The molecular weight excluding hydrogens is 355 g/mol. The Morgan fingerprint density at radius 1 is 1.47 bits per heavy atom. The maximum atomic E-state index is 12.4. The zero-order chi connectivity index (χ0) is 13.4. The molecule has 2 heterocycles. The third kappa shape index (κ3) is 2.67. The predicted molar refractivity (Wildman–Crippen MR) is 82.3 cm³/mol. The van der Waals surface area contributed by atoms with Crippen molar-refractivity contribution in [2.45, 2.75) is 38.5 Å². The van der Waals surface area contributed by atoms with Gasteiger partial charge in [0, 0.05) is 3.57 Å². The Balaban J connectivity index is 1.96. The van der Waals surface area contributed by atoms with Gasteiger partial charge in [0.05, 0.1) is 36.0 Å². The van der Waals surface area contributed by atoms with Crippen molar-refractivity contribution in [1.82, 2.24) is 9.55 Å². The van der Waals surface area contributed by atoms with Crippen molar-refractivity contribution in [1.29, 1.82) is 0 Å². The molecule has 1 fully saturated rings. The van der Waals surface area contributed by atoms with Crippen LogP contribution in [0.25, 0.3) is 10.9 Å². The Labute approximate surface area is 124 Å². The molecule has 0 radical (unpaired) electrons. The molecule has 1 saturated heterocycles. The molecule has 1 aromatic carbocycles. The van der Waals surface area contributed by atoms with Crippen molar-refractivity contribution in [3.8, 4) is 0 Å². The number of ether oxygens (including phenoxy) is 1. The van der Waals surface area contributed by atoms with E-state index >= 15 is 0 Å². The van der Waals surface area contributed by atoms with E-state index in [0.717, 1.165) is 21.9 Å². The third-order valence-electron chi connectivity index (χ3n) is 3.51. The molecule has 4 nitrogen and oxygen atoms in total. The van der Waals surface area contributed by atoms with Gasteiger partial charge >= 0.3 is 0 Å². The number of halogens is 1. The number of fused-ring (bicyclic) bond motifs is 1. The van der Waals surface area contributed by atoms with Gasteiger partial charge in [-0.15, -0.1) is 0 Å². The summed E-state index contributed by atoms with van der Waals surface area (Å²) in [4.78, 5) is 16.8. The molecule has 0 amide bonds. The van der Waals surface area contributed by atoms with Crippen molar-refractivity contribution in [2.24, 2.45) is 0 Å². The largest absolute Gasteiger partial charge is 0.373 e.